The third kappa shape index (κ3) is 3.75. The molecule has 0 heterocycles. The van der Waals surface area contributed by atoms with E-state index in [1.54, 1.807) is 0 Å². The van der Waals surface area contributed by atoms with Gasteiger partial charge in [-0.3, -0.25) is 4.79 Å². The summed E-state index contributed by atoms with van der Waals surface area (Å²) in [6.07, 6.45) is 8.93. The van der Waals surface area contributed by atoms with Gasteiger partial charge in [-0.15, -0.1) is 0 Å². The maximum atomic E-state index is 12.9. The number of esters is 1. The molecule has 0 radical (unpaired) electrons. The number of ether oxygens (including phenoxy) is 1. The molecule has 1 aromatic rings. The van der Waals surface area contributed by atoms with Crippen LogP contribution in [0.15, 0.2) is 29.2 Å². The van der Waals surface area contributed by atoms with Crippen LogP contribution in [0.25, 0.3) is 0 Å². The first kappa shape index (κ1) is 23.0. The van der Waals surface area contributed by atoms with E-state index in [0.717, 1.165) is 51.4 Å². The molecule has 4 unspecified atom stereocenters. The lowest BCUT2D eigenvalue weighted by Gasteiger charge is -2.60. The molecule has 4 saturated carbocycles. The predicted octanol–water partition coefficient (Wildman–Crippen LogP) is 4.47. The van der Waals surface area contributed by atoms with Crippen LogP contribution in [-0.4, -0.2) is 26.3 Å². The van der Waals surface area contributed by atoms with Crippen molar-refractivity contribution in [1.29, 1.82) is 0 Å². The summed E-state index contributed by atoms with van der Waals surface area (Å²) in [7, 11) is -3.79. The van der Waals surface area contributed by atoms with Gasteiger partial charge >= 0.3 is 5.97 Å². The third-order valence-corrected chi connectivity index (χ3v) is 11.0. The van der Waals surface area contributed by atoms with Crippen molar-refractivity contribution >= 4 is 21.8 Å². The van der Waals surface area contributed by atoms with E-state index in [2.05, 4.69) is 13.8 Å². The molecule has 0 saturated heterocycles. The van der Waals surface area contributed by atoms with E-state index >= 15 is 0 Å². The van der Waals surface area contributed by atoms with Crippen LogP contribution in [0.4, 0.5) is 0 Å². The molecule has 4 aliphatic rings. The Hall–Kier alpha value is -1.73. The molecule has 6 nitrogen and oxygen atoms in total. The van der Waals surface area contributed by atoms with E-state index in [1.165, 1.54) is 30.7 Å². The van der Waals surface area contributed by atoms with Crippen molar-refractivity contribution in [1.82, 2.24) is 0 Å². The molecular weight excluding hydrogens is 438 g/mol. The highest BCUT2D eigenvalue weighted by atomic mass is 32.2. The minimum Gasteiger partial charge on any atom is -0.458 e. The molecule has 5 rings (SSSR count). The van der Waals surface area contributed by atoms with E-state index in [0.29, 0.717) is 35.0 Å². The molecule has 7 atom stereocenters. The Morgan fingerprint density at radius 1 is 0.970 bits per heavy atom. The molecule has 180 valence electrons. The SMILES string of the molecule is C[C@]12CCC(=O)CC1CCC1C2CC[C@@]2(C)C1CC[C@@H]2OC(=O)c1ccc(S(N)(=O)=O)cc1. The molecule has 2 N–H and O–H groups in total. The Bertz CT molecular complexity index is 1070. The molecule has 33 heavy (non-hydrogen) atoms. The summed E-state index contributed by atoms with van der Waals surface area (Å²) >= 11 is 0. The molecule has 7 heteroatoms. The van der Waals surface area contributed by atoms with Crippen LogP contribution in [0.1, 0.15) is 82.0 Å². The predicted molar refractivity (Wildman–Crippen MR) is 124 cm³/mol. The normalized spacial score (nSPS) is 40.5. The summed E-state index contributed by atoms with van der Waals surface area (Å²) in [5.41, 5.74) is 0.603. The van der Waals surface area contributed by atoms with Gasteiger partial charge in [0.2, 0.25) is 10.0 Å². The number of fused-ring (bicyclic) bond motifs is 5. The summed E-state index contributed by atoms with van der Waals surface area (Å²) in [5.74, 6) is 2.46. The van der Waals surface area contributed by atoms with Gasteiger partial charge in [-0.1, -0.05) is 13.8 Å². The average Bonchev–Trinajstić information content (AvgIpc) is 3.10. The molecule has 4 fully saturated rings. The quantitative estimate of drug-likeness (QED) is 0.652. The van der Waals surface area contributed by atoms with Crippen molar-refractivity contribution in [2.75, 3.05) is 0 Å². The molecule has 0 aromatic heterocycles. The fourth-order valence-electron chi connectivity index (χ4n) is 8.17. The number of carbonyl (C=O) groups excluding carboxylic acids is 2. The number of nitrogens with two attached hydrogens (primary N) is 1. The zero-order valence-electron chi connectivity index (χ0n) is 19.6. The van der Waals surface area contributed by atoms with Crippen LogP contribution in [0.5, 0.6) is 0 Å². The largest absolute Gasteiger partial charge is 0.458 e. The van der Waals surface area contributed by atoms with Gasteiger partial charge in [-0.2, -0.15) is 0 Å². The van der Waals surface area contributed by atoms with E-state index in [9.17, 15) is 18.0 Å². The second-order valence-corrected chi connectivity index (χ2v) is 13.0. The Morgan fingerprint density at radius 3 is 2.36 bits per heavy atom. The van der Waals surface area contributed by atoms with Crippen molar-refractivity contribution in [3.05, 3.63) is 29.8 Å². The molecule has 0 amide bonds. The Morgan fingerprint density at radius 2 is 1.67 bits per heavy atom. The second-order valence-electron chi connectivity index (χ2n) is 11.5. The van der Waals surface area contributed by atoms with Crippen molar-refractivity contribution in [3.8, 4) is 0 Å². The lowest BCUT2D eigenvalue weighted by Crippen LogP contribution is -2.54. The second kappa shape index (κ2) is 7.91. The Labute approximate surface area is 196 Å². The third-order valence-electron chi connectivity index (χ3n) is 10.1. The van der Waals surface area contributed by atoms with E-state index in [4.69, 9.17) is 9.88 Å². The van der Waals surface area contributed by atoms with Gasteiger partial charge in [0.05, 0.1) is 10.5 Å². The first-order valence-corrected chi connectivity index (χ1v) is 13.9. The molecule has 4 aliphatic carbocycles. The van der Waals surface area contributed by atoms with Gasteiger partial charge in [0.25, 0.3) is 0 Å². The smallest absolute Gasteiger partial charge is 0.338 e. The fourth-order valence-corrected chi connectivity index (χ4v) is 8.68. The lowest BCUT2D eigenvalue weighted by atomic mass is 9.45. The molecular formula is C26H35NO5S. The van der Waals surface area contributed by atoms with Gasteiger partial charge in [-0.05, 0) is 98.3 Å². The van der Waals surface area contributed by atoms with Gasteiger partial charge in [0, 0.05) is 18.3 Å². The number of benzene rings is 1. The van der Waals surface area contributed by atoms with Gasteiger partial charge < -0.3 is 4.74 Å². The van der Waals surface area contributed by atoms with Crippen LogP contribution in [0, 0.1) is 34.5 Å². The number of primary sulfonamides is 1. The summed E-state index contributed by atoms with van der Waals surface area (Å²) in [4.78, 5) is 25.0. The topological polar surface area (TPSA) is 104 Å². The summed E-state index contributed by atoms with van der Waals surface area (Å²) in [6, 6.07) is 5.65. The molecule has 0 spiro atoms. The van der Waals surface area contributed by atoms with Gasteiger partial charge in [-0.25, -0.2) is 18.4 Å². The van der Waals surface area contributed by atoms with Crippen molar-refractivity contribution in [2.24, 2.45) is 39.6 Å². The highest BCUT2D eigenvalue weighted by Crippen LogP contribution is 2.66. The number of carbonyl (C=O) groups is 2. The number of ketones is 1. The number of sulfonamides is 1. The maximum Gasteiger partial charge on any atom is 0.338 e. The zero-order chi connectivity index (χ0) is 23.6. The molecule has 0 aliphatic heterocycles. The van der Waals surface area contributed by atoms with E-state index in [1.807, 2.05) is 0 Å². The van der Waals surface area contributed by atoms with Gasteiger partial charge in [0.15, 0.2) is 0 Å². The van der Waals surface area contributed by atoms with E-state index < -0.39 is 16.0 Å². The van der Waals surface area contributed by atoms with Crippen molar-refractivity contribution in [3.63, 3.8) is 0 Å². The number of hydrogen-bond donors (Lipinski definition) is 1. The fraction of sp³-hybridized carbons (Fsp3) is 0.692. The summed E-state index contributed by atoms with van der Waals surface area (Å²) in [5, 5.41) is 5.16. The van der Waals surface area contributed by atoms with Crippen molar-refractivity contribution in [2.45, 2.75) is 82.6 Å². The van der Waals surface area contributed by atoms with Crippen LogP contribution in [-0.2, 0) is 19.6 Å². The van der Waals surface area contributed by atoms with Crippen LogP contribution >= 0.6 is 0 Å². The highest BCUT2D eigenvalue weighted by Gasteiger charge is 2.61. The zero-order valence-corrected chi connectivity index (χ0v) is 20.4. The number of rotatable bonds is 3. The minimum absolute atomic E-state index is 0.0150. The molecule has 1 aromatic carbocycles. The number of hydrogen-bond acceptors (Lipinski definition) is 5. The lowest BCUT2D eigenvalue weighted by molar-refractivity contribution is -0.142. The first-order chi connectivity index (χ1) is 15.5. The Kier molecular flexibility index (Phi) is 5.52. The first-order valence-electron chi connectivity index (χ1n) is 12.4. The van der Waals surface area contributed by atoms with E-state index in [-0.39, 0.29) is 21.8 Å². The highest BCUT2D eigenvalue weighted by molar-refractivity contribution is 7.89. The Balaban J connectivity index is 1.31. The van der Waals surface area contributed by atoms with Crippen LogP contribution in [0.3, 0.4) is 0 Å². The van der Waals surface area contributed by atoms with Gasteiger partial charge in [0.1, 0.15) is 11.9 Å². The molecule has 0 bridgehead atoms. The average molecular weight is 474 g/mol. The van der Waals surface area contributed by atoms with Crippen molar-refractivity contribution < 1.29 is 22.7 Å². The van der Waals surface area contributed by atoms with Crippen LogP contribution < -0.4 is 5.14 Å². The standard InChI is InChI=1S/C26H35NO5S/c1-25-13-11-18(28)15-17(25)5-8-20-21-9-10-23(26(21,2)14-12-22(20)25)32-24(29)16-3-6-19(7-4-16)33(27,30)31/h3-4,6-7,17,20-23H,5,8-15H2,1-2H3,(H2,27,30,31)/t17?,20?,21?,22?,23-,25-,26-/m0/s1. The summed E-state index contributed by atoms with van der Waals surface area (Å²) in [6.45, 7) is 4.75. The number of Topliss-reactive ketones (excluding diaryl/α,β-unsaturated/α-hetero) is 1. The van der Waals surface area contributed by atoms with Crippen LogP contribution in [0.2, 0.25) is 0 Å². The monoisotopic (exact) mass is 473 g/mol. The summed E-state index contributed by atoms with van der Waals surface area (Å²) < 4.78 is 29.0. The maximum absolute atomic E-state index is 12.9. The minimum atomic E-state index is -3.79.